The molecule has 0 bridgehead atoms. The molecular weight excluding hydrogens is 516 g/mol. The predicted octanol–water partition coefficient (Wildman–Crippen LogP) is 3.85. The van der Waals surface area contributed by atoms with Gasteiger partial charge in [-0.25, -0.2) is 13.8 Å². The van der Waals surface area contributed by atoms with Gasteiger partial charge in [-0.1, -0.05) is 55.3 Å². The first kappa shape index (κ1) is 28.1. The van der Waals surface area contributed by atoms with Crippen LogP contribution in [0.15, 0.2) is 75.1 Å². The molecule has 0 aliphatic rings. The van der Waals surface area contributed by atoms with E-state index in [1.165, 1.54) is 10.5 Å². The third kappa shape index (κ3) is 8.28. The number of aryl methyl sites for hydroxylation is 1. The fourth-order valence-electron chi connectivity index (χ4n) is 3.18. The van der Waals surface area contributed by atoms with Crippen LogP contribution in [0.5, 0.6) is 0 Å². The van der Waals surface area contributed by atoms with Crippen LogP contribution in [0.3, 0.4) is 0 Å². The van der Waals surface area contributed by atoms with Gasteiger partial charge in [0.05, 0.1) is 17.7 Å². The van der Waals surface area contributed by atoms with Gasteiger partial charge >= 0.3 is 11.8 Å². The monoisotopic (exact) mass is 544 g/mol. The van der Waals surface area contributed by atoms with Crippen molar-refractivity contribution in [3.8, 4) is 0 Å². The van der Waals surface area contributed by atoms with Crippen molar-refractivity contribution in [1.29, 1.82) is 0 Å². The minimum atomic E-state index is -3.86. The van der Waals surface area contributed by atoms with Crippen LogP contribution in [0.4, 0.5) is 0 Å². The Morgan fingerprint density at radius 1 is 1.00 bits per heavy atom. The van der Waals surface area contributed by atoms with Gasteiger partial charge in [0.25, 0.3) is 0 Å². The van der Waals surface area contributed by atoms with E-state index < -0.39 is 21.8 Å². The molecule has 3 aromatic rings. The van der Waals surface area contributed by atoms with Gasteiger partial charge in [-0.05, 0) is 54.8 Å². The average Bonchev–Trinajstić information content (AvgIpc) is 3.30. The van der Waals surface area contributed by atoms with E-state index in [2.05, 4.69) is 15.8 Å². The summed E-state index contributed by atoms with van der Waals surface area (Å²) in [6, 6.07) is 16.8. The standard InChI is InChI=1S/C26H29ClN4O5S/c1-18(2)14-28-25(32)26(33)30-29-15-22-10-11-23(36-22)17-31(16-20-6-8-21(27)9-7-20)37(34,35)24-12-4-19(3)5-13-24/h4-13,15,18H,14,16-17H2,1-3H3,(H,28,32)(H,30,33)/b29-15+. The van der Waals surface area contributed by atoms with Crippen LogP contribution in [0.2, 0.25) is 5.02 Å². The number of halogens is 1. The van der Waals surface area contributed by atoms with E-state index in [4.69, 9.17) is 16.0 Å². The Morgan fingerprint density at radius 2 is 1.68 bits per heavy atom. The van der Waals surface area contributed by atoms with Crippen molar-refractivity contribution in [1.82, 2.24) is 15.0 Å². The lowest BCUT2D eigenvalue weighted by atomic mass is 10.2. The van der Waals surface area contributed by atoms with E-state index in [1.54, 1.807) is 60.7 Å². The number of amides is 2. The SMILES string of the molecule is Cc1ccc(S(=O)(=O)N(Cc2ccc(Cl)cc2)Cc2ccc(/C=N/NC(=O)C(=O)NCC(C)C)o2)cc1. The molecular formula is C26H29ClN4O5S. The van der Waals surface area contributed by atoms with E-state index in [-0.39, 0.29) is 29.7 Å². The minimum absolute atomic E-state index is 0.0450. The average molecular weight is 545 g/mol. The lowest BCUT2D eigenvalue weighted by Gasteiger charge is -2.21. The van der Waals surface area contributed by atoms with Gasteiger partial charge in [-0.2, -0.15) is 9.41 Å². The summed E-state index contributed by atoms with van der Waals surface area (Å²) in [5, 5.41) is 6.78. The Labute approximate surface area is 221 Å². The maximum atomic E-state index is 13.5. The molecule has 0 aliphatic heterocycles. The molecule has 196 valence electrons. The van der Waals surface area contributed by atoms with Crippen LogP contribution < -0.4 is 10.7 Å². The molecule has 2 amide bonds. The first-order valence-corrected chi connectivity index (χ1v) is 13.4. The van der Waals surface area contributed by atoms with Gasteiger partial charge in [0, 0.05) is 18.1 Å². The van der Waals surface area contributed by atoms with E-state index >= 15 is 0 Å². The number of carbonyl (C=O) groups excluding carboxylic acids is 2. The summed E-state index contributed by atoms with van der Waals surface area (Å²) in [5.74, 6) is -0.841. The highest BCUT2D eigenvalue weighted by molar-refractivity contribution is 7.89. The van der Waals surface area contributed by atoms with Crippen molar-refractivity contribution in [3.63, 3.8) is 0 Å². The van der Waals surface area contributed by atoms with Crippen LogP contribution in [-0.2, 0) is 32.7 Å². The number of hydrogen-bond donors (Lipinski definition) is 2. The van der Waals surface area contributed by atoms with E-state index in [0.717, 1.165) is 11.1 Å². The summed E-state index contributed by atoms with van der Waals surface area (Å²) >= 11 is 5.98. The Kier molecular flexibility index (Phi) is 9.62. The molecule has 9 nitrogen and oxygen atoms in total. The molecule has 0 saturated heterocycles. The minimum Gasteiger partial charge on any atom is -0.459 e. The Bertz CT molecular complexity index is 1350. The Hall–Kier alpha value is -3.47. The first-order chi connectivity index (χ1) is 17.5. The number of carbonyl (C=O) groups is 2. The van der Waals surface area contributed by atoms with Gasteiger partial charge in [0.2, 0.25) is 10.0 Å². The van der Waals surface area contributed by atoms with Crippen molar-refractivity contribution in [2.75, 3.05) is 6.54 Å². The first-order valence-electron chi connectivity index (χ1n) is 11.6. The van der Waals surface area contributed by atoms with Gasteiger partial charge in [-0.3, -0.25) is 9.59 Å². The van der Waals surface area contributed by atoms with E-state index in [1.807, 2.05) is 20.8 Å². The zero-order chi connectivity index (χ0) is 27.0. The van der Waals surface area contributed by atoms with Crippen LogP contribution in [-0.4, -0.2) is 37.3 Å². The van der Waals surface area contributed by atoms with Crippen molar-refractivity contribution >= 4 is 39.7 Å². The number of rotatable bonds is 10. The smallest absolute Gasteiger partial charge is 0.329 e. The molecule has 0 unspecified atom stereocenters. The summed E-state index contributed by atoms with van der Waals surface area (Å²) in [5.41, 5.74) is 3.84. The lowest BCUT2D eigenvalue weighted by Crippen LogP contribution is -2.39. The number of hydrazone groups is 1. The van der Waals surface area contributed by atoms with E-state index in [0.29, 0.717) is 17.3 Å². The second-order valence-corrected chi connectivity index (χ2v) is 11.2. The van der Waals surface area contributed by atoms with Crippen molar-refractivity contribution in [3.05, 3.63) is 88.3 Å². The van der Waals surface area contributed by atoms with Gasteiger partial charge in [0.15, 0.2) is 0 Å². The second-order valence-electron chi connectivity index (χ2n) is 8.82. The topological polar surface area (TPSA) is 121 Å². The fraction of sp³-hybridized carbons (Fsp3) is 0.269. The highest BCUT2D eigenvalue weighted by Gasteiger charge is 2.26. The van der Waals surface area contributed by atoms with Crippen molar-refractivity contribution < 1.29 is 22.4 Å². The Balaban J connectivity index is 1.74. The summed E-state index contributed by atoms with van der Waals surface area (Å²) in [6.45, 7) is 6.13. The molecule has 3 rings (SSSR count). The van der Waals surface area contributed by atoms with Crippen LogP contribution in [0, 0.1) is 12.8 Å². The highest BCUT2D eigenvalue weighted by atomic mass is 35.5. The summed E-state index contributed by atoms with van der Waals surface area (Å²) in [6.07, 6.45) is 1.23. The summed E-state index contributed by atoms with van der Waals surface area (Å²) < 4.78 is 34.0. The molecule has 0 saturated carbocycles. The maximum absolute atomic E-state index is 13.5. The molecule has 2 aromatic carbocycles. The normalized spacial score (nSPS) is 11.8. The zero-order valence-corrected chi connectivity index (χ0v) is 22.3. The second kappa shape index (κ2) is 12.7. The van der Waals surface area contributed by atoms with Gasteiger partial charge in [0.1, 0.15) is 11.5 Å². The Morgan fingerprint density at radius 3 is 2.32 bits per heavy atom. The maximum Gasteiger partial charge on any atom is 0.329 e. The molecule has 0 aliphatic carbocycles. The molecule has 37 heavy (non-hydrogen) atoms. The third-order valence-electron chi connectivity index (χ3n) is 5.18. The molecule has 0 atom stereocenters. The molecule has 1 aromatic heterocycles. The van der Waals surface area contributed by atoms with Crippen molar-refractivity contribution in [2.24, 2.45) is 11.0 Å². The van der Waals surface area contributed by atoms with Gasteiger partial charge in [-0.15, -0.1) is 0 Å². The number of nitrogens with zero attached hydrogens (tertiary/aromatic N) is 2. The largest absolute Gasteiger partial charge is 0.459 e. The van der Waals surface area contributed by atoms with Crippen LogP contribution in [0.25, 0.3) is 0 Å². The molecule has 0 fully saturated rings. The lowest BCUT2D eigenvalue weighted by molar-refractivity contribution is -0.139. The number of hydrogen-bond acceptors (Lipinski definition) is 6. The zero-order valence-electron chi connectivity index (χ0n) is 20.8. The number of nitrogens with one attached hydrogen (secondary N) is 2. The summed E-state index contributed by atoms with van der Waals surface area (Å²) in [4.78, 5) is 23.7. The number of sulfonamides is 1. The molecule has 0 spiro atoms. The molecule has 11 heteroatoms. The highest BCUT2D eigenvalue weighted by Crippen LogP contribution is 2.23. The van der Waals surface area contributed by atoms with Crippen LogP contribution >= 0.6 is 11.6 Å². The third-order valence-corrected chi connectivity index (χ3v) is 7.24. The van der Waals surface area contributed by atoms with Gasteiger partial charge < -0.3 is 9.73 Å². The number of furan rings is 1. The fourth-order valence-corrected chi connectivity index (χ4v) is 4.70. The summed E-state index contributed by atoms with van der Waals surface area (Å²) in [7, 11) is -3.86. The van der Waals surface area contributed by atoms with E-state index in [9.17, 15) is 18.0 Å². The molecule has 0 radical (unpaired) electrons. The quantitative estimate of drug-likeness (QED) is 0.228. The van der Waals surface area contributed by atoms with Crippen LogP contribution in [0.1, 0.15) is 36.5 Å². The molecule has 1 heterocycles. The number of benzene rings is 2. The predicted molar refractivity (Wildman–Crippen MR) is 141 cm³/mol. The van der Waals surface area contributed by atoms with Crippen molar-refractivity contribution in [2.45, 2.75) is 38.8 Å². The molecule has 2 N–H and O–H groups in total.